The zero-order valence-electron chi connectivity index (χ0n) is 8.75. The number of rotatable bonds is 5. The van der Waals surface area contributed by atoms with Gasteiger partial charge in [-0.15, -0.1) is 0 Å². The van der Waals surface area contributed by atoms with Crippen molar-refractivity contribution in [1.29, 1.82) is 0 Å². The molecule has 0 radical (unpaired) electrons. The molecule has 3 heteroatoms. The summed E-state index contributed by atoms with van der Waals surface area (Å²) in [6.07, 6.45) is 4.97. The number of allylic oxidation sites excluding steroid dienone is 3. The van der Waals surface area contributed by atoms with Crippen molar-refractivity contribution in [2.75, 3.05) is 6.54 Å². The van der Waals surface area contributed by atoms with Crippen molar-refractivity contribution >= 4 is 0 Å². The van der Waals surface area contributed by atoms with Crippen LogP contribution >= 0.6 is 0 Å². The van der Waals surface area contributed by atoms with Gasteiger partial charge in [0.15, 0.2) is 0 Å². The number of hydrogen-bond acceptors (Lipinski definition) is 2. The van der Waals surface area contributed by atoms with Gasteiger partial charge in [-0.25, -0.2) is 0 Å². The molecule has 13 heavy (non-hydrogen) atoms. The summed E-state index contributed by atoms with van der Waals surface area (Å²) in [7, 11) is 0. The third-order valence-corrected chi connectivity index (χ3v) is 1.31. The fraction of sp³-hybridized carbons (Fsp3) is 0.600. The summed E-state index contributed by atoms with van der Waals surface area (Å²) in [6.45, 7) is 9.54. The Morgan fingerprint density at radius 1 is 1.54 bits per heavy atom. The quantitative estimate of drug-likeness (QED) is 0.375. The first-order valence-electron chi connectivity index (χ1n) is 4.57. The van der Waals surface area contributed by atoms with Gasteiger partial charge in [-0.1, -0.05) is 38.2 Å². The van der Waals surface area contributed by atoms with Crippen LogP contribution < -0.4 is 0 Å². The summed E-state index contributed by atoms with van der Waals surface area (Å²) in [5.74, 6) is 0. The standard InChI is InChI=1S/C8H13NO2.C2H6/c1-3-5-8(2)6-4-7-9(10)11;1-2/h3,5H,1,4,6-7H2,2H3;1-2H3/b8-5-;. The molecule has 0 N–H and O–H groups in total. The molecule has 0 aromatic heterocycles. The molecule has 3 nitrogen and oxygen atoms in total. The van der Waals surface area contributed by atoms with E-state index in [2.05, 4.69) is 6.58 Å². The van der Waals surface area contributed by atoms with Crippen molar-refractivity contribution in [1.82, 2.24) is 0 Å². The predicted octanol–water partition coefficient (Wildman–Crippen LogP) is 3.20. The Morgan fingerprint density at radius 3 is 2.46 bits per heavy atom. The van der Waals surface area contributed by atoms with Gasteiger partial charge in [0, 0.05) is 11.3 Å². The minimum atomic E-state index is -0.290. The van der Waals surface area contributed by atoms with E-state index in [0.717, 1.165) is 12.0 Å². The first kappa shape index (κ1) is 14.4. The van der Waals surface area contributed by atoms with Crippen LogP contribution in [0.1, 0.15) is 33.6 Å². The lowest BCUT2D eigenvalue weighted by Crippen LogP contribution is -1.99. The van der Waals surface area contributed by atoms with E-state index in [-0.39, 0.29) is 11.5 Å². The molecule has 0 atom stereocenters. The molecular formula is C10H19NO2. The van der Waals surface area contributed by atoms with E-state index in [1.807, 2.05) is 26.8 Å². The molecule has 0 aliphatic rings. The van der Waals surface area contributed by atoms with E-state index in [4.69, 9.17) is 0 Å². The van der Waals surface area contributed by atoms with Crippen LogP contribution in [0.3, 0.4) is 0 Å². The van der Waals surface area contributed by atoms with Gasteiger partial charge in [-0.05, 0) is 13.3 Å². The van der Waals surface area contributed by atoms with Gasteiger partial charge in [0.25, 0.3) is 0 Å². The molecule has 0 saturated carbocycles. The van der Waals surface area contributed by atoms with Crippen molar-refractivity contribution in [3.05, 3.63) is 34.4 Å². The first-order chi connectivity index (χ1) is 6.16. The molecule has 0 fully saturated rings. The second kappa shape index (κ2) is 10.9. The second-order valence-electron chi connectivity index (χ2n) is 2.41. The zero-order chi connectivity index (χ0) is 10.7. The minimum Gasteiger partial charge on any atom is -0.265 e. The van der Waals surface area contributed by atoms with E-state index >= 15 is 0 Å². The Balaban J connectivity index is 0. The van der Waals surface area contributed by atoms with E-state index in [0.29, 0.717) is 6.42 Å². The van der Waals surface area contributed by atoms with Crippen LogP contribution in [0.2, 0.25) is 0 Å². The van der Waals surface area contributed by atoms with Crippen LogP contribution in [-0.2, 0) is 0 Å². The van der Waals surface area contributed by atoms with Crippen LogP contribution in [0.25, 0.3) is 0 Å². The summed E-state index contributed by atoms with van der Waals surface area (Å²) in [5.41, 5.74) is 1.14. The minimum absolute atomic E-state index is 0.0579. The largest absolute Gasteiger partial charge is 0.265 e. The van der Waals surface area contributed by atoms with Crippen LogP contribution in [0, 0.1) is 10.1 Å². The lowest BCUT2D eigenvalue weighted by Gasteiger charge is -1.95. The highest BCUT2D eigenvalue weighted by Crippen LogP contribution is 2.03. The second-order valence-corrected chi connectivity index (χ2v) is 2.41. The van der Waals surface area contributed by atoms with Crippen molar-refractivity contribution in [2.24, 2.45) is 0 Å². The summed E-state index contributed by atoms with van der Waals surface area (Å²) in [5, 5.41) is 9.90. The Labute approximate surface area is 80.3 Å². The number of hydrogen-bond donors (Lipinski definition) is 0. The molecule has 0 rings (SSSR count). The van der Waals surface area contributed by atoms with Crippen molar-refractivity contribution < 1.29 is 4.92 Å². The lowest BCUT2D eigenvalue weighted by atomic mass is 10.1. The summed E-state index contributed by atoms with van der Waals surface area (Å²) in [6, 6.07) is 0. The Morgan fingerprint density at radius 2 is 2.08 bits per heavy atom. The molecule has 0 unspecified atom stereocenters. The molecule has 0 aliphatic heterocycles. The highest BCUT2D eigenvalue weighted by Gasteiger charge is 1.96. The van der Waals surface area contributed by atoms with E-state index in [9.17, 15) is 10.1 Å². The molecule has 76 valence electrons. The van der Waals surface area contributed by atoms with Gasteiger partial charge < -0.3 is 0 Å². The third kappa shape index (κ3) is 13.8. The normalized spacial score (nSPS) is 9.92. The fourth-order valence-electron chi connectivity index (χ4n) is 0.772. The Kier molecular flexibility index (Phi) is 12.1. The van der Waals surface area contributed by atoms with Gasteiger partial charge >= 0.3 is 0 Å². The van der Waals surface area contributed by atoms with Gasteiger partial charge in [0.2, 0.25) is 6.54 Å². The Bertz CT molecular complexity index is 174. The van der Waals surface area contributed by atoms with Gasteiger partial charge in [0.05, 0.1) is 0 Å². The van der Waals surface area contributed by atoms with E-state index in [1.54, 1.807) is 6.08 Å². The van der Waals surface area contributed by atoms with Gasteiger partial charge in [-0.3, -0.25) is 10.1 Å². The molecule has 0 aromatic rings. The third-order valence-electron chi connectivity index (χ3n) is 1.31. The van der Waals surface area contributed by atoms with Crippen LogP contribution in [0.5, 0.6) is 0 Å². The lowest BCUT2D eigenvalue weighted by molar-refractivity contribution is -0.480. The SMILES string of the molecule is C=C/C=C(/C)CCC[N+](=O)[O-].CC. The monoisotopic (exact) mass is 185 g/mol. The summed E-state index contributed by atoms with van der Waals surface area (Å²) < 4.78 is 0. The molecule has 0 heterocycles. The van der Waals surface area contributed by atoms with Gasteiger partial charge in [-0.2, -0.15) is 0 Å². The van der Waals surface area contributed by atoms with Crippen molar-refractivity contribution in [3.8, 4) is 0 Å². The maximum atomic E-state index is 9.90. The summed E-state index contributed by atoms with van der Waals surface area (Å²) in [4.78, 5) is 9.61. The predicted molar refractivity (Wildman–Crippen MR) is 56.4 cm³/mol. The first-order valence-corrected chi connectivity index (χ1v) is 4.57. The fourth-order valence-corrected chi connectivity index (χ4v) is 0.772. The number of nitrogens with zero attached hydrogens (tertiary/aromatic N) is 1. The summed E-state index contributed by atoms with van der Waals surface area (Å²) >= 11 is 0. The van der Waals surface area contributed by atoms with Crippen LogP contribution in [0.4, 0.5) is 0 Å². The van der Waals surface area contributed by atoms with Gasteiger partial charge in [0.1, 0.15) is 0 Å². The molecule has 0 aromatic carbocycles. The molecule has 0 aliphatic carbocycles. The zero-order valence-corrected chi connectivity index (χ0v) is 8.75. The molecule has 0 amide bonds. The smallest absolute Gasteiger partial charge is 0.204 e. The number of nitro groups is 1. The topological polar surface area (TPSA) is 43.1 Å². The van der Waals surface area contributed by atoms with Crippen LogP contribution in [0.15, 0.2) is 24.3 Å². The Hall–Kier alpha value is -1.12. The van der Waals surface area contributed by atoms with E-state index in [1.165, 1.54) is 0 Å². The van der Waals surface area contributed by atoms with Crippen LogP contribution in [-0.4, -0.2) is 11.5 Å². The average Bonchev–Trinajstić information content (AvgIpc) is 2.08. The molecule has 0 saturated heterocycles. The average molecular weight is 185 g/mol. The van der Waals surface area contributed by atoms with E-state index < -0.39 is 0 Å². The maximum Gasteiger partial charge on any atom is 0.204 e. The molecule has 0 bridgehead atoms. The maximum absolute atomic E-state index is 9.90. The molecular weight excluding hydrogens is 166 g/mol. The van der Waals surface area contributed by atoms with Crippen molar-refractivity contribution in [2.45, 2.75) is 33.6 Å². The highest BCUT2D eigenvalue weighted by molar-refractivity contribution is 5.07. The molecule has 0 spiro atoms. The highest BCUT2D eigenvalue weighted by atomic mass is 16.6. The van der Waals surface area contributed by atoms with Crippen molar-refractivity contribution in [3.63, 3.8) is 0 Å².